The van der Waals surface area contributed by atoms with Crippen molar-refractivity contribution in [1.29, 1.82) is 0 Å². The highest BCUT2D eigenvalue weighted by Crippen LogP contribution is 2.49. The van der Waals surface area contributed by atoms with E-state index in [0.717, 1.165) is 12.8 Å². The molecule has 1 aliphatic carbocycles. The number of carbonyl (C=O) groups is 2. The summed E-state index contributed by atoms with van der Waals surface area (Å²) < 4.78 is 16.6. The van der Waals surface area contributed by atoms with Gasteiger partial charge >= 0.3 is 5.97 Å². The zero-order chi connectivity index (χ0) is 13.1. The van der Waals surface area contributed by atoms with E-state index < -0.39 is 16.0 Å². The highest BCUT2D eigenvalue weighted by Gasteiger charge is 2.46. The lowest BCUT2D eigenvalue weighted by atomic mass is 10.1. The van der Waals surface area contributed by atoms with Crippen LogP contribution in [0.1, 0.15) is 26.2 Å². The Kier molecular flexibility index (Phi) is 4.68. The molecule has 0 aromatic heterocycles. The number of rotatable bonds is 6. The third-order valence-corrected chi connectivity index (χ3v) is 5.06. The Morgan fingerprint density at radius 1 is 1.47 bits per heavy atom. The minimum absolute atomic E-state index is 0.194. The maximum Gasteiger partial charge on any atom is 0.306 e. The van der Waals surface area contributed by atoms with Crippen molar-refractivity contribution in [2.75, 3.05) is 19.9 Å². The monoisotopic (exact) mass is 261 g/mol. The number of nitrogens with one attached hydrogen (secondary N) is 1. The first-order chi connectivity index (χ1) is 7.94. The first kappa shape index (κ1) is 14.2. The maximum atomic E-state index is 12.0. The van der Waals surface area contributed by atoms with Gasteiger partial charge in [-0.3, -0.25) is 13.8 Å². The molecule has 1 fully saturated rings. The number of esters is 1. The minimum Gasteiger partial charge on any atom is -0.469 e. The Morgan fingerprint density at radius 2 is 2.06 bits per heavy atom. The quantitative estimate of drug-likeness (QED) is 0.694. The fraction of sp³-hybridized carbons (Fsp3) is 0.818. The zero-order valence-corrected chi connectivity index (χ0v) is 11.3. The fourth-order valence-electron chi connectivity index (χ4n) is 1.68. The molecule has 0 spiro atoms. The summed E-state index contributed by atoms with van der Waals surface area (Å²) in [6, 6.07) is 0. The van der Waals surface area contributed by atoms with E-state index in [9.17, 15) is 13.8 Å². The Bertz CT molecular complexity index is 338. The van der Waals surface area contributed by atoms with E-state index >= 15 is 0 Å². The average Bonchev–Trinajstić information content (AvgIpc) is 3.06. The van der Waals surface area contributed by atoms with Gasteiger partial charge in [-0.1, -0.05) is 0 Å². The number of methoxy groups -OCH3 is 1. The van der Waals surface area contributed by atoms with Crippen LogP contribution in [0.25, 0.3) is 0 Å². The van der Waals surface area contributed by atoms with Gasteiger partial charge in [-0.05, 0) is 25.2 Å². The summed E-state index contributed by atoms with van der Waals surface area (Å²) in [4.78, 5) is 22.6. The van der Waals surface area contributed by atoms with Crippen LogP contribution in [0.4, 0.5) is 0 Å². The molecule has 2 unspecified atom stereocenters. The third kappa shape index (κ3) is 3.80. The average molecular weight is 261 g/mol. The number of hydrogen-bond acceptors (Lipinski definition) is 4. The highest BCUT2D eigenvalue weighted by molar-refractivity contribution is 7.86. The van der Waals surface area contributed by atoms with E-state index in [1.54, 1.807) is 6.92 Å². The predicted octanol–water partition coefficient (Wildman–Crippen LogP) is 0.213. The van der Waals surface area contributed by atoms with Gasteiger partial charge in [0.05, 0.1) is 13.5 Å². The number of ether oxygens (including phenoxy) is 1. The molecule has 6 heteroatoms. The molecular weight excluding hydrogens is 242 g/mol. The fourth-order valence-corrected chi connectivity index (χ4v) is 3.28. The van der Waals surface area contributed by atoms with Crippen molar-refractivity contribution in [3.8, 4) is 0 Å². The molecule has 1 N–H and O–H groups in total. The van der Waals surface area contributed by atoms with Crippen LogP contribution >= 0.6 is 0 Å². The summed E-state index contributed by atoms with van der Waals surface area (Å²) >= 11 is 0. The van der Waals surface area contributed by atoms with Crippen molar-refractivity contribution in [3.05, 3.63) is 0 Å². The number of carbonyl (C=O) groups excluding carboxylic acids is 2. The lowest BCUT2D eigenvalue weighted by Crippen LogP contribution is -2.35. The largest absolute Gasteiger partial charge is 0.469 e. The van der Waals surface area contributed by atoms with Crippen LogP contribution in [0, 0.1) is 5.41 Å². The summed E-state index contributed by atoms with van der Waals surface area (Å²) in [5.41, 5.74) is -0.194. The third-order valence-electron chi connectivity index (χ3n) is 3.16. The standard InChI is InChI=1S/C11H19NO4S/c1-8(10(14)12-2)17(15)7-11(4-5-11)6-9(13)16-3/h8H,4-7H2,1-3H3,(H,12,14). The topological polar surface area (TPSA) is 72.5 Å². The molecule has 0 aliphatic heterocycles. The second-order valence-electron chi connectivity index (χ2n) is 4.53. The van der Waals surface area contributed by atoms with E-state index in [0.29, 0.717) is 12.2 Å². The van der Waals surface area contributed by atoms with Gasteiger partial charge in [-0.2, -0.15) is 0 Å². The Morgan fingerprint density at radius 3 is 2.47 bits per heavy atom. The lowest BCUT2D eigenvalue weighted by molar-refractivity contribution is -0.141. The predicted molar refractivity (Wildman–Crippen MR) is 64.8 cm³/mol. The van der Waals surface area contributed by atoms with E-state index in [2.05, 4.69) is 10.1 Å². The molecular formula is C11H19NO4S. The van der Waals surface area contributed by atoms with Crippen molar-refractivity contribution in [2.24, 2.45) is 5.41 Å². The van der Waals surface area contributed by atoms with Crippen LogP contribution in [0.2, 0.25) is 0 Å². The molecule has 2 atom stereocenters. The van der Waals surface area contributed by atoms with Crippen LogP contribution in [-0.4, -0.2) is 41.2 Å². The Hall–Kier alpha value is -0.910. The van der Waals surface area contributed by atoms with E-state index in [4.69, 9.17) is 0 Å². The van der Waals surface area contributed by atoms with Gasteiger partial charge < -0.3 is 10.1 Å². The summed E-state index contributed by atoms with van der Waals surface area (Å²) in [5.74, 6) is -0.0965. The molecule has 0 aromatic carbocycles. The maximum absolute atomic E-state index is 12.0. The van der Waals surface area contributed by atoms with Gasteiger partial charge in [0.2, 0.25) is 5.91 Å². The van der Waals surface area contributed by atoms with Crippen molar-refractivity contribution >= 4 is 22.7 Å². The van der Waals surface area contributed by atoms with Crippen molar-refractivity contribution in [1.82, 2.24) is 5.32 Å². The summed E-state index contributed by atoms with van der Waals surface area (Å²) in [6.07, 6.45) is 2.07. The molecule has 1 saturated carbocycles. The van der Waals surface area contributed by atoms with Crippen LogP contribution in [0.5, 0.6) is 0 Å². The van der Waals surface area contributed by atoms with Crippen LogP contribution in [0.3, 0.4) is 0 Å². The van der Waals surface area contributed by atoms with Crippen molar-refractivity contribution in [3.63, 3.8) is 0 Å². The Labute approximate surface area is 104 Å². The summed E-state index contributed by atoms with van der Waals surface area (Å²) in [6.45, 7) is 1.64. The minimum atomic E-state index is -1.24. The van der Waals surface area contributed by atoms with E-state index in [1.807, 2.05) is 0 Å². The van der Waals surface area contributed by atoms with Gasteiger partial charge in [0, 0.05) is 23.6 Å². The van der Waals surface area contributed by atoms with Crippen LogP contribution < -0.4 is 5.32 Å². The molecule has 0 aromatic rings. The molecule has 1 amide bonds. The van der Waals surface area contributed by atoms with Gasteiger partial charge in [0.1, 0.15) is 5.25 Å². The molecule has 0 heterocycles. The first-order valence-corrected chi connectivity index (χ1v) is 6.98. The van der Waals surface area contributed by atoms with Crippen molar-refractivity contribution in [2.45, 2.75) is 31.4 Å². The van der Waals surface area contributed by atoms with Gasteiger partial charge in [0.15, 0.2) is 0 Å². The summed E-state index contributed by atoms with van der Waals surface area (Å²) in [5, 5.41) is 1.95. The molecule has 1 rings (SSSR count). The smallest absolute Gasteiger partial charge is 0.306 e. The molecule has 0 bridgehead atoms. The second kappa shape index (κ2) is 5.62. The van der Waals surface area contributed by atoms with Gasteiger partial charge in [0.25, 0.3) is 0 Å². The lowest BCUT2D eigenvalue weighted by Gasteiger charge is -2.16. The second-order valence-corrected chi connectivity index (χ2v) is 6.29. The van der Waals surface area contributed by atoms with E-state index in [1.165, 1.54) is 14.2 Å². The zero-order valence-electron chi connectivity index (χ0n) is 10.4. The molecule has 17 heavy (non-hydrogen) atoms. The van der Waals surface area contributed by atoms with Gasteiger partial charge in [-0.15, -0.1) is 0 Å². The molecule has 1 aliphatic rings. The number of amides is 1. The highest BCUT2D eigenvalue weighted by atomic mass is 32.2. The Balaban J connectivity index is 2.51. The molecule has 5 nitrogen and oxygen atoms in total. The van der Waals surface area contributed by atoms with Crippen LogP contribution in [-0.2, 0) is 25.1 Å². The molecule has 0 radical (unpaired) electrons. The molecule has 98 valence electrons. The number of hydrogen-bond donors (Lipinski definition) is 1. The normalized spacial score (nSPS) is 20.2. The van der Waals surface area contributed by atoms with E-state index in [-0.39, 0.29) is 17.3 Å². The summed E-state index contributed by atoms with van der Waals surface area (Å²) in [7, 11) is 1.63. The van der Waals surface area contributed by atoms with Crippen molar-refractivity contribution < 1.29 is 18.5 Å². The SMILES string of the molecule is CNC(=O)C(C)S(=O)CC1(CC(=O)OC)CC1. The molecule has 0 saturated heterocycles. The van der Waals surface area contributed by atoms with Gasteiger partial charge in [-0.25, -0.2) is 0 Å². The van der Waals surface area contributed by atoms with Crippen LogP contribution in [0.15, 0.2) is 0 Å². The first-order valence-electron chi connectivity index (χ1n) is 5.60.